The summed E-state index contributed by atoms with van der Waals surface area (Å²) in [6, 6.07) is 15.8. The lowest BCUT2D eigenvalue weighted by Crippen LogP contribution is -2.52. The van der Waals surface area contributed by atoms with E-state index in [1.54, 1.807) is 4.68 Å². The lowest BCUT2D eigenvalue weighted by atomic mass is 10.0. The zero-order valence-electron chi connectivity index (χ0n) is 17.5. The van der Waals surface area contributed by atoms with Crippen molar-refractivity contribution < 1.29 is 4.79 Å². The summed E-state index contributed by atoms with van der Waals surface area (Å²) in [5, 5.41) is 7.25. The number of likely N-dealkylation sites (N-methyl/N-ethyl adjacent to an activating group) is 1. The fraction of sp³-hybridized carbons (Fsp3) is 0.304. The number of aryl methyl sites for hydroxylation is 1. The molecule has 4 rings (SSSR count). The Balaban J connectivity index is 1.75. The zero-order chi connectivity index (χ0) is 21.3. The Bertz CT molecular complexity index is 1050. The topological polar surface area (TPSA) is 53.4 Å². The van der Waals surface area contributed by atoms with Crippen LogP contribution in [0.25, 0.3) is 16.9 Å². The maximum Gasteiger partial charge on any atom is 0.286 e. The number of rotatable bonds is 4. The number of benzene rings is 2. The van der Waals surface area contributed by atoms with E-state index in [1.165, 1.54) is 5.56 Å². The minimum absolute atomic E-state index is 0.198. The third-order valence-corrected chi connectivity index (χ3v) is 5.83. The fourth-order valence-electron chi connectivity index (χ4n) is 3.67. The molecule has 0 radical (unpaired) electrons. The van der Waals surface area contributed by atoms with Gasteiger partial charge >= 0.3 is 0 Å². The average Bonchev–Trinajstić information content (AvgIpc) is 3.08. The molecular weight excluding hydrogens is 398 g/mol. The molecule has 0 spiro atoms. The van der Waals surface area contributed by atoms with E-state index in [9.17, 15) is 4.79 Å². The molecule has 1 aliphatic heterocycles. The first-order valence-electron chi connectivity index (χ1n) is 10.1. The molecule has 3 aromatic rings. The second kappa shape index (κ2) is 8.60. The summed E-state index contributed by atoms with van der Waals surface area (Å²) in [6.07, 6.45) is 0. The van der Waals surface area contributed by atoms with Crippen LogP contribution in [0.3, 0.4) is 0 Å². The van der Waals surface area contributed by atoms with Crippen LogP contribution in [-0.4, -0.2) is 58.8 Å². The van der Waals surface area contributed by atoms with Gasteiger partial charge in [0.2, 0.25) is 0 Å². The summed E-state index contributed by atoms with van der Waals surface area (Å²) in [7, 11) is 2.09. The first-order valence-corrected chi connectivity index (χ1v) is 10.5. The van der Waals surface area contributed by atoms with Gasteiger partial charge in [0, 0.05) is 37.3 Å². The minimum atomic E-state index is -0.198. The van der Waals surface area contributed by atoms with Crippen LogP contribution < -0.4 is 5.43 Å². The van der Waals surface area contributed by atoms with Crippen LogP contribution in [0.2, 0.25) is 5.02 Å². The summed E-state index contributed by atoms with van der Waals surface area (Å²) < 4.78 is 1.78. The Kier molecular flexibility index (Phi) is 5.90. The molecule has 1 fully saturated rings. The van der Waals surface area contributed by atoms with E-state index >= 15 is 0 Å². The van der Waals surface area contributed by atoms with Gasteiger partial charge in [-0.25, -0.2) is 9.69 Å². The lowest BCUT2D eigenvalue weighted by molar-refractivity contribution is 0.0657. The second-order valence-electron chi connectivity index (χ2n) is 7.78. The molecule has 156 valence electrons. The van der Waals surface area contributed by atoms with Gasteiger partial charge in [0.05, 0.1) is 16.4 Å². The van der Waals surface area contributed by atoms with Crippen molar-refractivity contribution in [3.8, 4) is 16.9 Å². The molecule has 0 atom stereocenters. The normalized spacial score (nSPS) is 15.3. The number of piperazine rings is 1. The highest BCUT2D eigenvalue weighted by Crippen LogP contribution is 2.31. The first kappa shape index (κ1) is 20.6. The number of para-hydroxylation sites is 1. The molecule has 1 aromatic heterocycles. The molecule has 0 saturated carbocycles. The second-order valence-corrected chi connectivity index (χ2v) is 8.19. The van der Waals surface area contributed by atoms with Gasteiger partial charge in [0.15, 0.2) is 5.69 Å². The molecule has 7 heteroatoms. The molecular formula is C23H26ClN5O. The van der Waals surface area contributed by atoms with E-state index in [4.69, 9.17) is 16.7 Å². The smallest absolute Gasteiger partial charge is 0.286 e. The Morgan fingerprint density at radius 2 is 1.67 bits per heavy atom. The van der Waals surface area contributed by atoms with E-state index in [-0.39, 0.29) is 5.91 Å². The number of nitrogens with zero attached hydrogens (tertiary/aromatic N) is 4. The van der Waals surface area contributed by atoms with Crippen LogP contribution in [0.5, 0.6) is 0 Å². The fourth-order valence-corrected chi connectivity index (χ4v) is 3.89. The number of hydrogen-bond acceptors (Lipinski definition) is 4. The quantitative estimate of drug-likeness (QED) is 0.695. The van der Waals surface area contributed by atoms with Crippen molar-refractivity contribution in [3.63, 3.8) is 0 Å². The van der Waals surface area contributed by atoms with Gasteiger partial charge in [0.25, 0.3) is 5.91 Å². The van der Waals surface area contributed by atoms with Crippen molar-refractivity contribution in [3.05, 3.63) is 70.4 Å². The Hall–Kier alpha value is -2.67. The van der Waals surface area contributed by atoms with Crippen molar-refractivity contribution >= 4 is 17.5 Å². The highest BCUT2D eigenvalue weighted by molar-refractivity contribution is 6.32. The van der Waals surface area contributed by atoms with E-state index in [0.29, 0.717) is 10.7 Å². The van der Waals surface area contributed by atoms with E-state index in [1.807, 2.05) is 36.2 Å². The number of aromatic nitrogens is 2. The van der Waals surface area contributed by atoms with Crippen LogP contribution in [0.15, 0.2) is 48.5 Å². The molecule has 1 saturated heterocycles. The highest BCUT2D eigenvalue weighted by atomic mass is 35.5. The molecule has 1 amide bonds. The number of carbonyl (C=O) groups excluding carboxylic acids is 1. The van der Waals surface area contributed by atoms with Gasteiger partial charge in [-0.1, -0.05) is 53.6 Å². The van der Waals surface area contributed by atoms with Crippen LogP contribution in [-0.2, 0) is 0 Å². The van der Waals surface area contributed by atoms with Crippen LogP contribution in [0.1, 0.15) is 21.6 Å². The van der Waals surface area contributed by atoms with E-state index in [0.717, 1.165) is 48.7 Å². The summed E-state index contributed by atoms with van der Waals surface area (Å²) in [5.41, 5.74) is 8.03. The molecule has 0 bridgehead atoms. The van der Waals surface area contributed by atoms with Crippen molar-refractivity contribution in [2.45, 2.75) is 13.8 Å². The summed E-state index contributed by atoms with van der Waals surface area (Å²) in [5.74, 6) is -0.198. The standard InChI is InChI=1S/C23H26ClN5O/c1-16-8-10-18(11-9-16)22-17(2)21(23(30)26-28-14-12-27(3)13-15-28)25-29(22)20-7-5-4-6-19(20)24/h4-11H,12-15H2,1-3H3,(H,26,30). The number of carbonyl (C=O) groups is 1. The lowest BCUT2D eigenvalue weighted by Gasteiger charge is -2.32. The molecule has 1 N–H and O–H groups in total. The van der Waals surface area contributed by atoms with Gasteiger partial charge in [-0.05, 0) is 33.0 Å². The largest absolute Gasteiger partial charge is 0.304 e. The molecule has 6 nitrogen and oxygen atoms in total. The zero-order valence-corrected chi connectivity index (χ0v) is 18.3. The number of hydrogen-bond donors (Lipinski definition) is 1. The predicted octanol–water partition coefficient (Wildman–Crippen LogP) is 3.70. The molecule has 1 aliphatic rings. The Labute approximate surface area is 182 Å². The van der Waals surface area contributed by atoms with Gasteiger partial charge < -0.3 is 4.90 Å². The highest BCUT2D eigenvalue weighted by Gasteiger charge is 2.25. The monoisotopic (exact) mass is 423 g/mol. The van der Waals surface area contributed by atoms with Gasteiger partial charge in [-0.3, -0.25) is 10.2 Å². The maximum atomic E-state index is 13.1. The Morgan fingerprint density at radius 3 is 2.33 bits per heavy atom. The molecule has 0 unspecified atom stereocenters. The molecule has 2 aromatic carbocycles. The van der Waals surface area contributed by atoms with Crippen molar-refractivity contribution in [2.24, 2.45) is 0 Å². The number of nitrogens with one attached hydrogen (secondary N) is 1. The maximum absolute atomic E-state index is 13.1. The molecule has 2 heterocycles. The number of hydrazine groups is 1. The summed E-state index contributed by atoms with van der Waals surface area (Å²) in [4.78, 5) is 15.4. The van der Waals surface area contributed by atoms with Gasteiger partial charge in [-0.15, -0.1) is 0 Å². The predicted molar refractivity (Wildman–Crippen MR) is 120 cm³/mol. The van der Waals surface area contributed by atoms with Crippen LogP contribution in [0.4, 0.5) is 0 Å². The summed E-state index contributed by atoms with van der Waals surface area (Å²) in [6.45, 7) is 7.41. The van der Waals surface area contributed by atoms with E-state index < -0.39 is 0 Å². The number of amides is 1. The average molecular weight is 424 g/mol. The number of halogens is 1. The first-order chi connectivity index (χ1) is 14.4. The third-order valence-electron chi connectivity index (χ3n) is 5.51. The van der Waals surface area contributed by atoms with E-state index in [2.05, 4.69) is 48.6 Å². The van der Waals surface area contributed by atoms with Crippen molar-refractivity contribution in [1.29, 1.82) is 0 Å². The van der Waals surface area contributed by atoms with Gasteiger partial charge in [-0.2, -0.15) is 5.10 Å². The minimum Gasteiger partial charge on any atom is -0.304 e. The van der Waals surface area contributed by atoms with Crippen molar-refractivity contribution in [1.82, 2.24) is 25.1 Å². The summed E-state index contributed by atoms with van der Waals surface area (Å²) >= 11 is 6.48. The molecule has 30 heavy (non-hydrogen) atoms. The SMILES string of the molecule is Cc1ccc(-c2c(C)c(C(=O)NN3CCN(C)CC3)nn2-c2ccccc2Cl)cc1. The van der Waals surface area contributed by atoms with Gasteiger partial charge in [0.1, 0.15) is 0 Å². The van der Waals surface area contributed by atoms with Crippen LogP contribution in [0, 0.1) is 13.8 Å². The van der Waals surface area contributed by atoms with Crippen LogP contribution >= 0.6 is 11.6 Å². The Morgan fingerprint density at radius 1 is 1.00 bits per heavy atom. The van der Waals surface area contributed by atoms with Crippen molar-refractivity contribution in [2.75, 3.05) is 33.2 Å². The molecule has 0 aliphatic carbocycles. The third kappa shape index (κ3) is 4.12.